The Morgan fingerprint density at radius 2 is 1.82 bits per heavy atom. The molecule has 184 valence electrons. The molecule has 1 saturated heterocycles. The molecule has 0 atom stereocenters. The second kappa shape index (κ2) is 11.1. The van der Waals surface area contributed by atoms with Crippen molar-refractivity contribution < 1.29 is 4.79 Å². The van der Waals surface area contributed by atoms with E-state index in [9.17, 15) is 4.79 Å². The number of benzene rings is 1. The lowest BCUT2D eigenvalue weighted by Gasteiger charge is -2.32. The van der Waals surface area contributed by atoms with Crippen molar-refractivity contribution in [1.82, 2.24) is 30.2 Å². The summed E-state index contributed by atoms with van der Waals surface area (Å²) < 4.78 is 1.90. The third-order valence-electron chi connectivity index (χ3n) is 6.29. The Hall–Kier alpha value is -2.71. The van der Waals surface area contributed by atoms with Crippen molar-refractivity contribution >= 4 is 34.2 Å². The predicted molar refractivity (Wildman–Crippen MR) is 139 cm³/mol. The van der Waals surface area contributed by atoms with Gasteiger partial charge in [-0.2, -0.15) is 5.10 Å². The normalized spacial score (nSPS) is 14.5. The molecule has 1 N–H and O–H groups in total. The molecule has 1 fully saturated rings. The monoisotopic (exact) mass is 485 g/mol. The number of hydrogen-bond acceptors (Lipinski definition) is 6. The summed E-state index contributed by atoms with van der Waals surface area (Å²) in [5, 5.41) is 17.7. The van der Waals surface area contributed by atoms with E-state index in [0.29, 0.717) is 10.7 Å². The third kappa shape index (κ3) is 5.50. The van der Waals surface area contributed by atoms with Crippen LogP contribution < -0.4 is 10.2 Å². The number of hydrogen-bond donors (Lipinski definition) is 1. The first-order valence-electron chi connectivity index (χ1n) is 11.5. The number of aromatic nitrogens is 4. The van der Waals surface area contributed by atoms with Crippen molar-refractivity contribution in [1.29, 1.82) is 0 Å². The number of aryl methyl sites for hydroxylation is 2. The molecule has 0 aliphatic carbocycles. The van der Waals surface area contributed by atoms with Gasteiger partial charge in [-0.3, -0.25) is 4.79 Å². The zero-order valence-electron chi connectivity index (χ0n) is 19.8. The maximum atomic E-state index is 12.6. The summed E-state index contributed by atoms with van der Waals surface area (Å²) in [6, 6.07) is 8.23. The molecule has 4 rings (SSSR count). The summed E-state index contributed by atoms with van der Waals surface area (Å²) in [5.41, 5.74) is 3.79. The summed E-state index contributed by atoms with van der Waals surface area (Å²) >= 11 is 6.39. The molecular formula is C25H36ClN7O. The van der Waals surface area contributed by atoms with Crippen LogP contribution in [-0.4, -0.2) is 71.1 Å². The molecule has 3 heterocycles. The first kappa shape index (κ1) is 25.9. The Kier molecular flexibility index (Phi) is 8.49. The fourth-order valence-electron chi connectivity index (χ4n) is 4.37. The van der Waals surface area contributed by atoms with E-state index in [1.165, 1.54) is 5.56 Å². The van der Waals surface area contributed by atoms with Crippen LogP contribution in [0.25, 0.3) is 16.6 Å². The second-order valence-electron chi connectivity index (χ2n) is 9.08. The number of nitrogens with one attached hydrogen (secondary N) is 1. The maximum absolute atomic E-state index is 12.6. The molecule has 8 nitrogen and oxygen atoms in total. The highest BCUT2D eigenvalue weighted by Crippen LogP contribution is 2.34. The predicted octanol–water partition coefficient (Wildman–Crippen LogP) is 4.01. The van der Waals surface area contributed by atoms with Crippen molar-refractivity contribution in [3.05, 3.63) is 40.7 Å². The molecule has 1 aliphatic heterocycles. The highest BCUT2D eigenvalue weighted by Gasteiger charge is 2.28. The van der Waals surface area contributed by atoms with Gasteiger partial charge in [-0.25, -0.2) is 4.68 Å². The number of piperidine rings is 1. The summed E-state index contributed by atoms with van der Waals surface area (Å²) in [7, 11) is 4.08. The van der Waals surface area contributed by atoms with Gasteiger partial charge < -0.3 is 15.1 Å². The lowest BCUT2D eigenvalue weighted by atomic mass is 9.95. The zero-order valence-corrected chi connectivity index (χ0v) is 20.6. The van der Waals surface area contributed by atoms with Crippen LogP contribution in [0.3, 0.4) is 0 Å². The second-order valence-corrected chi connectivity index (χ2v) is 9.44. The SMILES string of the molecule is C.Cc1ccc(-n2nc3c(Cl)nnc(N4CCC(C(=O)NCCCN(C)C)CC4)c3c2C)cc1. The molecule has 9 heteroatoms. The van der Waals surface area contributed by atoms with Gasteiger partial charge >= 0.3 is 0 Å². The molecule has 1 aliphatic rings. The van der Waals surface area contributed by atoms with E-state index in [1.807, 2.05) is 37.8 Å². The maximum Gasteiger partial charge on any atom is 0.223 e. The quantitative estimate of drug-likeness (QED) is 0.509. The van der Waals surface area contributed by atoms with E-state index in [-0.39, 0.29) is 19.3 Å². The van der Waals surface area contributed by atoms with Crippen LogP contribution in [-0.2, 0) is 4.79 Å². The van der Waals surface area contributed by atoms with Gasteiger partial charge in [-0.15, -0.1) is 10.2 Å². The smallest absolute Gasteiger partial charge is 0.223 e. The van der Waals surface area contributed by atoms with Gasteiger partial charge in [0.15, 0.2) is 11.0 Å². The molecule has 0 spiro atoms. The van der Waals surface area contributed by atoms with E-state index in [0.717, 1.165) is 68.0 Å². The Morgan fingerprint density at radius 3 is 2.47 bits per heavy atom. The van der Waals surface area contributed by atoms with Crippen LogP contribution >= 0.6 is 11.6 Å². The molecule has 0 radical (unpaired) electrons. The minimum atomic E-state index is 0. The number of nitrogens with zero attached hydrogens (tertiary/aromatic N) is 6. The molecule has 1 aromatic carbocycles. The minimum Gasteiger partial charge on any atom is -0.356 e. The van der Waals surface area contributed by atoms with Crippen LogP contribution in [0.15, 0.2) is 24.3 Å². The highest BCUT2D eigenvalue weighted by atomic mass is 35.5. The molecule has 2 aromatic heterocycles. The molecular weight excluding hydrogens is 450 g/mol. The number of amides is 1. The Bertz CT molecular complexity index is 1120. The summed E-state index contributed by atoms with van der Waals surface area (Å²) in [6.07, 6.45) is 2.53. The van der Waals surface area contributed by atoms with Gasteiger partial charge in [0.1, 0.15) is 5.52 Å². The summed E-state index contributed by atoms with van der Waals surface area (Å²) in [6.45, 7) is 7.28. The van der Waals surface area contributed by atoms with Crippen molar-refractivity contribution in [3.8, 4) is 5.69 Å². The standard InChI is InChI=1S/C24H32ClN7O.CH4/c1-16-6-8-19(9-7-16)32-17(2)20-21(29-32)22(25)27-28-23(20)31-14-10-18(11-15-31)24(33)26-12-5-13-30(3)4;/h6-9,18H,5,10-15H2,1-4H3,(H,26,33);1H4. The highest BCUT2D eigenvalue weighted by molar-refractivity contribution is 6.34. The van der Waals surface area contributed by atoms with Crippen LogP contribution in [0.2, 0.25) is 5.15 Å². The number of rotatable bonds is 7. The molecule has 0 bridgehead atoms. The van der Waals surface area contributed by atoms with Crippen molar-refractivity contribution in [2.24, 2.45) is 5.92 Å². The summed E-state index contributed by atoms with van der Waals surface area (Å²) in [4.78, 5) is 16.9. The van der Waals surface area contributed by atoms with Crippen LogP contribution in [0, 0.1) is 19.8 Å². The topological polar surface area (TPSA) is 79.2 Å². The number of fused-ring (bicyclic) bond motifs is 1. The number of anilines is 1. The van der Waals surface area contributed by atoms with Crippen molar-refractivity contribution in [2.75, 3.05) is 45.2 Å². The Morgan fingerprint density at radius 1 is 1.15 bits per heavy atom. The van der Waals surface area contributed by atoms with Crippen molar-refractivity contribution in [3.63, 3.8) is 0 Å². The number of carbonyl (C=O) groups is 1. The molecule has 1 amide bonds. The Labute approximate surface area is 207 Å². The molecule has 3 aromatic rings. The van der Waals surface area contributed by atoms with Gasteiger partial charge in [-0.05, 0) is 65.9 Å². The molecule has 0 unspecified atom stereocenters. The van der Waals surface area contributed by atoms with E-state index >= 15 is 0 Å². The average molecular weight is 486 g/mol. The number of halogens is 1. The fourth-order valence-corrected chi connectivity index (χ4v) is 4.54. The van der Waals surface area contributed by atoms with Gasteiger partial charge in [0, 0.05) is 25.6 Å². The largest absolute Gasteiger partial charge is 0.356 e. The lowest BCUT2D eigenvalue weighted by Crippen LogP contribution is -2.41. The molecule has 34 heavy (non-hydrogen) atoms. The fraction of sp³-hybridized carbons (Fsp3) is 0.520. The lowest BCUT2D eigenvalue weighted by molar-refractivity contribution is -0.125. The van der Waals surface area contributed by atoms with Gasteiger partial charge in [0.05, 0.1) is 16.8 Å². The van der Waals surface area contributed by atoms with Crippen molar-refractivity contribution in [2.45, 2.75) is 40.5 Å². The van der Waals surface area contributed by atoms with Gasteiger partial charge in [0.25, 0.3) is 0 Å². The van der Waals surface area contributed by atoms with E-state index < -0.39 is 0 Å². The third-order valence-corrected chi connectivity index (χ3v) is 6.55. The van der Waals surface area contributed by atoms with Gasteiger partial charge in [-0.1, -0.05) is 36.7 Å². The molecule has 0 saturated carbocycles. The first-order chi connectivity index (χ1) is 15.8. The number of carbonyl (C=O) groups excluding carboxylic acids is 1. The van der Waals surface area contributed by atoms with E-state index in [4.69, 9.17) is 16.7 Å². The van der Waals surface area contributed by atoms with Gasteiger partial charge in [0.2, 0.25) is 5.91 Å². The average Bonchev–Trinajstić information content (AvgIpc) is 3.16. The van der Waals surface area contributed by atoms with Crippen LogP contribution in [0.4, 0.5) is 5.82 Å². The van der Waals surface area contributed by atoms with E-state index in [1.54, 1.807) is 0 Å². The summed E-state index contributed by atoms with van der Waals surface area (Å²) in [5.74, 6) is 0.979. The first-order valence-corrected chi connectivity index (χ1v) is 11.9. The van der Waals surface area contributed by atoms with Crippen LogP contribution in [0.1, 0.15) is 37.9 Å². The van der Waals surface area contributed by atoms with Crippen LogP contribution in [0.5, 0.6) is 0 Å². The minimum absolute atomic E-state index is 0. The Balaban J connectivity index is 0.00000324. The zero-order chi connectivity index (χ0) is 23.5. The van der Waals surface area contributed by atoms with E-state index in [2.05, 4.69) is 44.4 Å².